The zero-order valence-electron chi connectivity index (χ0n) is 13.6. The van der Waals surface area contributed by atoms with Crippen molar-refractivity contribution in [2.45, 2.75) is 0 Å². The molecule has 26 heavy (non-hydrogen) atoms. The minimum atomic E-state index is 0.891. The molecule has 0 aliphatic carbocycles. The zero-order chi connectivity index (χ0) is 17.1. The van der Waals surface area contributed by atoms with E-state index in [0.29, 0.717) is 0 Å². The molecule has 0 bridgehead atoms. The molecule has 0 spiro atoms. The number of fused-ring (bicyclic) bond motifs is 5. The van der Waals surface area contributed by atoms with Gasteiger partial charge in [-0.05, 0) is 36.4 Å². The number of aromatic nitrogens is 4. The van der Waals surface area contributed by atoms with E-state index in [1.165, 1.54) is 10.2 Å². The largest absolute Gasteiger partial charge is 0.290 e. The van der Waals surface area contributed by atoms with Crippen LogP contribution in [-0.4, -0.2) is 19.4 Å². The van der Waals surface area contributed by atoms with E-state index in [2.05, 4.69) is 47.0 Å². The average molecular weight is 352 g/mol. The molecule has 0 radical (unpaired) electrons. The summed E-state index contributed by atoms with van der Waals surface area (Å²) in [4.78, 5) is 15.3. The third kappa shape index (κ3) is 1.98. The van der Waals surface area contributed by atoms with E-state index < -0.39 is 0 Å². The maximum absolute atomic E-state index is 4.82. The Kier molecular flexibility index (Phi) is 2.73. The number of nitrogens with zero attached hydrogens (tertiary/aromatic N) is 4. The lowest BCUT2D eigenvalue weighted by Crippen LogP contribution is -1.88. The lowest BCUT2D eigenvalue weighted by molar-refractivity contribution is 1.30. The molecule has 0 saturated carbocycles. The number of thiazole rings is 1. The van der Waals surface area contributed by atoms with Gasteiger partial charge in [0.2, 0.25) is 0 Å². The van der Waals surface area contributed by atoms with Crippen LogP contribution >= 0.6 is 11.3 Å². The van der Waals surface area contributed by atoms with Crippen molar-refractivity contribution < 1.29 is 0 Å². The third-order valence-corrected chi connectivity index (χ3v) is 5.67. The molecule has 0 aliphatic heterocycles. The molecule has 0 aliphatic rings. The minimum Gasteiger partial charge on any atom is -0.290 e. The molecule has 0 saturated heterocycles. The van der Waals surface area contributed by atoms with Gasteiger partial charge in [0.25, 0.3) is 0 Å². The zero-order valence-corrected chi connectivity index (χ0v) is 14.4. The van der Waals surface area contributed by atoms with Crippen molar-refractivity contribution in [3.63, 3.8) is 0 Å². The van der Waals surface area contributed by atoms with Crippen LogP contribution in [-0.2, 0) is 0 Å². The van der Waals surface area contributed by atoms with Crippen molar-refractivity contribution in [3.05, 3.63) is 72.9 Å². The van der Waals surface area contributed by atoms with Gasteiger partial charge < -0.3 is 0 Å². The highest BCUT2D eigenvalue weighted by molar-refractivity contribution is 7.23. The summed E-state index contributed by atoms with van der Waals surface area (Å²) in [5.74, 6) is 0. The van der Waals surface area contributed by atoms with E-state index >= 15 is 0 Å². The second kappa shape index (κ2) is 5.09. The van der Waals surface area contributed by atoms with Crippen molar-refractivity contribution in [1.82, 2.24) is 19.4 Å². The Morgan fingerprint density at radius 3 is 2.31 bits per heavy atom. The number of rotatable bonds is 1. The standard InChI is InChI=1S/C21H12N4S/c1-2-6-15-14(5-1)22-16-10-9-13(11-17(16)23-15)18-12-25-19-7-3-4-8-20(19)26-21(25)24-18/h1-12H. The maximum atomic E-state index is 4.82. The predicted molar refractivity (Wildman–Crippen MR) is 107 cm³/mol. The van der Waals surface area contributed by atoms with Gasteiger partial charge in [0.1, 0.15) is 0 Å². The van der Waals surface area contributed by atoms with Gasteiger partial charge in [-0.1, -0.05) is 41.7 Å². The van der Waals surface area contributed by atoms with Gasteiger partial charge in [-0.2, -0.15) is 0 Å². The lowest BCUT2D eigenvalue weighted by atomic mass is 10.1. The first kappa shape index (κ1) is 13.9. The summed E-state index contributed by atoms with van der Waals surface area (Å²) < 4.78 is 3.41. The second-order valence-electron chi connectivity index (χ2n) is 6.26. The maximum Gasteiger partial charge on any atom is 0.195 e. The molecule has 0 amide bonds. The normalized spacial score (nSPS) is 11.8. The Hall–Kier alpha value is -3.31. The van der Waals surface area contributed by atoms with Crippen molar-refractivity contribution >= 4 is 48.6 Å². The van der Waals surface area contributed by atoms with E-state index in [-0.39, 0.29) is 0 Å². The van der Waals surface area contributed by atoms with Crippen LogP contribution in [0, 0.1) is 0 Å². The molecule has 0 atom stereocenters. The van der Waals surface area contributed by atoms with E-state index in [1.807, 2.05) is 30.3 Å². The molecule has 4 nitrogen and oxygen atoms in total. The Morgan fingerprint density at radius 2 is 1.42 bits per heavy atom. The van der Waals surface area contributed by atoms with Gasteiger partial charge in [-0.3, -0.25) is 4.40 Å². The molecule has 3 heterocycles. The number of benzene rings is 3. The number of hydrogen-bond donors (Lipinski definition) is 0. The summed E-state index contributed by atoms with van der Waals surface area (Å²) in [5, 5.41) is 0. The van der Waals surface area contributed by atoms with Crippen molar-refractivity contribution in [2.24, 2.45) is 0 Å². The van der Waals surface area contributed by atoms with Crippen molar-refractivity contribution in [3.8, 4) is 11.3 Å². The predicted octanol–water partition coefficient (Wildman–Crippen LogP) is 5.31. The van der Waals surface area contributed by atoms with Crippen LogP contribution < -0.4 is 0 Å². The van der Waals surface area contributed by atoms with Crippen LogP contribution in [0.5, 0.6) is 0 Å². The first-order chi connectivity index (χ1) is 12.8. The first-order valence-electron chi connectivity index (χ1n) is 8.39. The highest BCUT2D eigenvalue weighted by atomic mass is 32.1. The number of imidazole rings is 1. The molecule has 122 valence electrons. The molecule has 0 fully saturated rings. The monoisotopic (exact) mass is 352 g/mol. The van der Waals surface area contributed by atoms with E-state index in [9.17, 15) is 0 Å². The summed E-state index contributed by atoms with van der Waals surface area (Å²) in [7, 11) is 0. The second-order valence-corrected chi connectivity index (χ2v) is 7.27. The van der Waals surface area contributed by atoms with Gasteiger partial charge in [0.15, 0.2) is 4.96 Å². The molecule has 3 aromatic heterocycles. The Labute approximate surface area is 152 Å². The number of hydrogen-bond acceptors (Lipinski definition) is 4. The topological polar surface area (TPSA) is 43.1 Å². The van der Waals surface area contributed by atoms with Crippen LogP contribution in [0.2, 0.25) is 0 Å². The van der Waals surface area contributed by atoms with Gasteiger partial charge in [-0.15, -0.1) is 0 Å². The van der Waals surface area contributed by atoms with Gasteiger partial charge in [0.05, 0.1) is 38.0 Å². The van der Waals surface area contributed by atoms with E-state index in [1.54, 1.807) is 11.3 Å². The molecule has 3 aromatic carbocycles. The van der Waals surface area contributed by atoms with Gasteiger partial charge >= 0.3 is 0 Å². The number of para-hydroxylation sites is 3. The molecule has 0 unspecified atom stereocenters. The third-order valence-electron chi connectivity index (χ3n) is 4.63. The molecular weight excluding hydrogens is 340 g/mol. The van der Waals surface area contributed by atoms with E-state index in [0.717, 1.165) is 38.3 Å². The molecular formula is C21H12N4S. The summed E-state index contributed by atoms with van der Waals surface area (Å²) in [6.07, 6.45) is 2.10. The highest BCUT2D eigenvalue weighted by Crippen LogP contribution is 2.30. The lowest BCUT2D eigenvalue weighted by Gasteiger charge is -2.02. The highest BCUT2D eigenvalue weighted by Gasteiger charge is 2.11. The quantitative estimate of drug-likeness (QED) is 0.377. The van der Waals surface area contributed by atoms with Crippen LogP contribution in [0.4, 0.5) is 0 Å². The SMILES string of the molecule is c1ccc2nc3cc(-c4cn5c(n4)sc4ccccc45)ccc3nc2c1. The van der Waals surface area contributed by atoms with E-state index in [4.69, 9.17) is 15.0 Å². The first-order valence-corrected chi connectivity index (χ1v) is 9.20. The fourth-order valence-electron chi connectivity index (χ4n) is 3.37. The van der Waals surface area contributed by atoms with Gasteiger partial charge in [0, 0.05) is 11.8 Å². The molecule has 6 aromatic rings. The summed E-state index contributed by atoms with van der Waals surface area (Å²) >= 11 is 1.71. The summed E-state index contributed by atoms with van der Waals surface area (Å²) in [6.45, 7) is 0. The Morgan fingerprint density at radius 1 is 0.692 bits per heavy atom. The van der Waals surface area contributed by atoms with Gasteiger partial charge in [-0.25, -0.2) is 15.0 Å². The minimum absolute atomic E-state index is 0.891. The molecule has 6 rings (SSSR count). The van der Waals surface area contributed by atoms with Crippen LogP contribution in [0.3, 0.4) is 0 Å². The Balaban J connectivity index is 1.56. The van der Waals surface area contributed by atoms with Crippen LogP contribution in [0.15, 0.2) is 72.9 Å². The molecule has 0 N–H and O–H groups in total. The summed E-state index contributed by atoms with van der Waals surface area (Å²) in [6, 6.07) is 22.5. The summed E-state index contributed by atoms with van der Waals surface area (Å²) in [5.41, 5.74) is 6.83. The van der Waals surface area contributed by atoms with Crippen LogP contribution in [0.1, 0.15) is 0 Å². The average Bonchev–Trinajstić information content (AvgIpc) is 3.24. The van der Waals surface area contributed by atoms with Crippen molar-refractivity contribution in [2.75, 3.05) is 0 Å². The van der Waals surface area contributed by atoms with Crippen molar-refractivity contribution in [1.29, 1.82) is 0 Å². The molecule has 5 heteroatoms. The smallest absolute Gasteiger partial charge is 0.195 e. The Bertz CT molecular complexity index is 1440. The van der Waals surface area contributed by atoms with Crippen LogP contribution in [0.25, 0.3) is 48.5 Å². The fraction of sp³-hybridized carbons (Fsp3) is 0. The fourth-order valence-corrected chi connectivity index (χ4v) is 4.38.